The van der Waals surface area contributed by atoms with Crippen LogP contribution in [0.2, 0.25) is 0 Å². The maximum absolute atomic E-state index is 12.4. The first-order chi connectivity index (χ1) is 10.6. The van der Waals surface area contributed by atoms with Gasteiger partial charge in [-0.15, -0.1) is 12.4 Å². The summed E-state index contributed by atoms with van der Waals surface area (Å²) in [4.78, 5) is 15.7. The first-order valence-corrected chi connectivity index (χ1v) is 8.12. The number of benzene rings is 1. The van der Waals surface area contributed by atoms with Gasteiger partial charge in [0.2, 0.25) is 5.91 Å². The fraction of sp³-hybridized carbons (Fsp3) is 0.500. The second-order valence-electron chi connectivity index (χ2n) is 6.01. The number of nitrogens with two attached hydrogens (primary N) is 1. The zero-order valence-electron chi connectivity index (χ0n) is 14.2. The van der Waals surface area contributed by atoms with Crippen molar-refractivity contribution in [2.45, 2.75) is 40.0 Å². The number of H-pyrrole nitrogens is 1. The van der Waals surface area contributed by atoms with Crippen LogP contribution in [0.1, 0.15) is 37.8 Å². The largest absolute Gasteiger partial charge is 0.361 e. The Hall–Kier alpha value is -1.52. The van der Waals surface area contributed by atoms with Crippen LogP contribution in [0.15, 0.2) is 24.4 Å². The monoisotopic (exact) mass is 337 g/mol. The van der Waals surface area contributed by atoms with Crippen LogP contribution in [-0.4, -0.2) is 24.0 Å². The first-order valence-electron chi connectivity index (χ1n) is 8.12. The average Bonchev–Trinajstić information content (AvgIpc) is 2.94. The molecule has 2 rings (SSSR count). The normalized spacial score (nSPS) is 11.3. The molecule has 4 N–H and O–H groups in total. The summed E-state index contributed by atoms with van der Waals surface area (Å²) in [5, 5.41) is 4.34. The minimum Gasteiger partial charge on any atom is -0.361 e. The van der Waals surface area contributed by atoms with Gasteiger partial charge in [0, 0.05) is 30.2 Å². The number of halogens is 1. The first kappa shape index (κ1) is 19.5. The maximum atomic E-state index is 12.4. The Labute approximate surface area is 144 Å². The van der Waals surface area contributed by atoms with Gasteiger partial charge < -0.3 is 16.0 Å². The molecule has 0 aliphatic heterocycles. The van der Waals surface area contributed by atoms with Crippen molar-refractivity contribution < 1.29 is 4.79 Å². The van der Waals surface area contributed by atoms with E-state index in [9.17, 15) is 4.79 Å². The van der Waals surface area contributed by atoms with E-state index in [1.54, 1.807) is 0 Å². The highest BCUT2D eigenvalue weighted by Crippen LogP contribution is 2.25. The van der Waals surface area contributed by atoms with Crippen molar-refractivity contribution >= 4 is 29.2 Å². The predicted octanol–water partition coefficient (Wildman–Crippen LogP) is 3.32. The molecule has 0 saturated carbocycles. The Kier molecular flexibility index (Phi) is 7.10. The second-order valence-corrected chi connectivity index (χ2v) is 6.01. The molecule has 1 heterocycles. The summed E-state index contributed by atoms with van der Waals surface area (Å²) in [5.41, 5.74) is 9.07. The van der Waals surface area contributed by atoms with E-state index in [4.69, 9.17) is 5.73 Å². The van der Waals surface area contributed by atoms with Gasteiger partial charge in [-0.05, 0) is 43.4 Å². The molecule has 0 radical (unpaired) electrons. The highest BCUT2D eigenvalue weighted by atomic mass is 35.5. The third-order valence-corrected chi connectivity index (χ3v) is 4.90. The number of carbonyl (C=O) groups excluding carboxylic acids is 1. The molecule has 0 unspecified atom stereocenters. The summed E-state index contributed by atoms with van der Waals surface area (Å²) in [5.74, 6) is 0.0802. The summed E-state index contributed by atoms with van der Waals surface area (Å²) >= 11 is 0. The molecule has 0 fully saturated rings. The van der Waals surface area contributed by atoms with E-state index in [2.05, 4.69) is 35.4 Å². The number of amides is 1. The van der Waals surface area contributed by atoms with Crippen LogP contribution < -0.4 is 11.1 Å². The van der Waals surface area contributed by atoms with Crippen LogP contribution >= 0.6 is 12.4 Å². The fourth-order valence-corrected chi connectivity index (χ4v) is 3.10. The molecule has 5 heteroatoms. The van der Waals surface area contributed by atoms with Gasteiger partial charge >= 0.3 is 0 Å². The van der Waals surface area contributed by atoms with E-state index >= 15 is 0 Å². The molecule has 0 atom stereocenters. The zero-order chi connectivity index (χ0) is 16.2. The third-order valence-electron chi connectivity index (χ3n) is 4.90. The number of aromatic amines is 1. The third kappa shape index (κ3) is 3.88. The number of carbonyl (C=O) groups is 1. The van der Waals surface area contributed by atoms with E-state index in [1.807, 2.05) is 20.0 Å². The molecule has 0 aliphatic rings. The van der Waals surface area contributed by atoms with Gasteiger partial charge in [0.05, 0.1) is 5.41 Å². The van der Waals surface area contributed by atoms with Crippen molar-refractivity contribution in [2.24, 2.45) is 11.1 Å². The minimum atomic E-state index is -0.421. The van der Waals surface area contributed by atoms with Gasteiger partial charge in [-0.3, -0.25) is 4.79 Å². The molecule has 0 aliphatic carbocycles. The van der Waals surface area contributed by atoms with Gasteiger partial charge in [-0.2, -0.15) is 0 Å². The van der Waals surface area contributed by atoms with Crippen molar-refractivity contribution in [3.05, 3.63) is 35.5 Å². The zero-order valence-corrected chi connectivity index (χ0v) is 15.1. The van der Waals surface area contributed by atoms with Crippen LogP contribution in [0.4, 0.5) is 0 Å². The van der Waals surface area contributed by atoms with Gasteiger partial charge in [0.15, 0.2) is 0 Å². The molecular weight excluding hydrogens is 310 g/mol. The van der Waals surface area contributed by atoms with E-state index in [0.29, 0.717) is 13.1 Å². The molecule has 1 aromatic carbocycles. The summed E-state index contributed by atoms with van der Waals surface area (Å²) in [6, 6.07) is 6.25. The van der Waals surface area contributed by atoms with Gasteiger partial charge in [0.25, 0.3) is 0 Å². The van der Waals surface area contributed by atoms with Crippen molar-refractivity contribution in [2.75, 3.05) is 13.1 Å². The molecule has 23 heavy (non-hydrogen) atoms. The lowest BCUT2D eigenvalue weighted by atomic mass is 9.81. The van der Waals surface area contributed by atoms with Gasteiger partial charge in [-0.25, -0.2) is 0 Å². The standard InChI is InChI=1S/C18H27N3O.ClH/c1-4-18(5-2,12-19)17(22)20-10-9-14-11-21-15-8-6-7-13(3)16(14)15;/h6-8,11,21H,4-5,9-10,12,19H2,1-3H3,(H,20,22);1H. The number of nitrogens with one attached hydrogen (secondary N) is 2. The molecule has 2 aromatic rings. The van der Waals surface area contributed by atoms with Gasteiger partial charge in [0.1, 0.15) is 0 Å². The Bertz CT molecular complexity index is 638. The molecule has 0 spiro atoms. The summed E-state index contributed by atoms with van der Waals surface area (Å²) < 4.78 is 0. The maximum Gasteiger partial charge on any atom is 0.227 e. The number of fused-ring (bicyclic) bond motifs is 1. The molecule has 0 bridgehead atoms. The molecular formula is C18H28ClN3O. The average molecular weight is 338 g/mol. The smallest absolute Gasteiger partial charge is 0.227 e. The van der Waals surface area contributed by atoms with Crippen molar-refractivity contribution in [3.8, 4) is 0 Å². The fourth-order valence-electron chi connectivity index (χ4n) is 3.10. The van der Waals surface area contributed by atoms with E-state index in [0.717, 1.165) is 24.8 Å². The van der Waals surface area contributed by atoms with E-state index < -0.39 is 5.41 Å². The lowest BCUT2D eigenvalue weighted by molar-refractivity contribution is -0.131. The Morgan fingerprint density at radius 1 is 1.30 bits per heavy atom. The highest BCUT2D eigenvalue weighted by Gasteiger charge is 2.32. The number of hydrogen-bond donors (Lipinski definition) is 3. The SMILES string of the molecule is CCC(CC)(CN)C(=O)NCCc1c[nH]c2cccc(C)c12.Cl. The lowest BCUT2D eigenvalue weighted by Crippen LogP contribution is -2.45. The van der Waals surface area contributed by atoms with Crippen LogP contribution in [0, 0.1) is 12.3 Å². The van der Waals surface area contributed by atoms with Crippen LogP contribution in [0.3, 0.4) is 0 Å². The summed E-state index contributed by atoms with van der Waals surface area (Å²) in [7, 11) is 0. The Morgan fingerprint density at radius 3 is 2.61 bits per heavy atom. The van der Waals surface area contributed by atoms with Crippen LogP contribution in [-0.2, 0) is 11.2 Å². The van der Waals surface area contributed by atoms with E-state index in [-0.39, 0.29) is 18.3 Å². The quantitative estimate of drug-likeness (QED) is 0.725. The molecule has 4 nitrogen and oxygen atoms in total. The minimum absolute atomic E-state index is 0. The van der Waals surface area contributed by atoms with E-state index in [1.165, 1.54) is 16.5 Å². The Balaban J connectivity index is 0.00000264. The lowest BCUT2D eigenvalue weighted by Gasteiger charge is -2.28. The van der Waals surface area contributed by atoms with Crippen molar-refractivity contribution in [1.82, 2.24) is 10.3 Å². The van der Waals surface area contributed by atoms with Crippen molar-refractivity contribution in [1.29, 1.82) is 0 Å². The summed E-state index contributed by atoms with van der Waals surface area (Å²) in [6.07, 6.45) is 4.42. The van der Waals surface area contributed by atoms with Gasteiger partial charge in [-0.1, -0.05) is 26.0 Å². The molecule has 1 amide bonds. The number of rotatable bonds is 7. The second kappa shape index (κ2) is 8.37. The van der Waals surface area contributed by atoms with Crippen molar-refractivity contribution in [3.63, 3.8) is 0 Å². The topological polar surface area (TPSA) is 70.9 Å². The van der Waals surface area contributed by atoms with Crippen LogP contribution in [0.5, 0.6) is 0 Å². The Morgan fingerprint density at radius 2 is 2.00 bits per heavy atom. The number of aryl methyl sites for hydroxylation is 1. The summed E-state index contributed by atoms with van der Waals surface area (Å²) in [6.45, 7) is 7.21. The highest BCUT2D eigenvalue weighted by molar-refractivity contribution is 5.86. The molecule has 128 valence electrons. The predicted molar refractivity (Wildman–Crippen MR) is 99.1 cm³/mol. The van der Waals surface area contributed by atoms with Crippen LogP contribution in [0.25, 0.3) is 10.9 Å². The molecule has 1 aromatic heterocycles. The molecule has 0 saturated heterocycles. The number of hydrogen-bond acceptors (Lipinski definition) is 2. The number of aromatic nitrogens is 1.